The zero-order chi connectivity index (χ0) is 10.5. The Bertz CT molecular complexity index is 226. The Morgan fingerprint density at radius 2 is 1.93 bits per heavy atom. The van der Waals surface area contributed by atoms with Crippen LogP contribution in [0.4, 0.5) is 0 Å². The zero-order valence-corrected chi connectivity index (χ0v) is 10.1. The Morgan fingerprint density at radius 1 is 1.20 bits per heavy atom. The Kier molecular flexibility index (Phi) is 4.34. The van der Waals surface area contributed by atoms with E-state index in [9.17, 15) is 0 Å². The van der Waals surface area contributed by atoms with Crippen LogP contribution in [0.1, 0.15) is 44.9 Å². The fraction of sp³-hybridized carbons (Fsp3) is 0.917. The molecule has 0 aromatic carbocycles. The summed E-state index contributed by atoms with van der Waals surface area (Å²) < 4.78 is 0. The summed E-state index contributed by atoms with van der Waals surface area (Å²) in [7, 11) is 0. The maximum absolute atomic E-state index is 9.01. The van der Waals surface area contributed by atoms with E-state index in [4.69, 9.17) is 5.26 Å². The fourth-order valence-electron chi connectivity index (χ4n) is 2.12. The number of rotatable bonds is 5. The highest BCUT2D eigenvalue weighted by Gasteiger charge is 2.25. The SMILES string of the molecule is N#CC(CSC1CCCCC1)NC1CC1. The molecule has 0 aromatic heterocycles. The largest absolute Gasteiger partial charge is 0.298 e. The van der Waals surface area contributed by atoms with Gasteiger partial charge in [0.1, 0.15) is 6.04 Å². The van der Waals surface area contributed by atoms with Crippen molar-refractivity contribution in [2.75, 3.05) is 5.75 Å². The second-order valence-electron chi connectivity index (χ2n) is 4.72. The van der Waals surface area contributed by atoms with Crippen molar-refractivity contribution < 1.29 is 0 Å². The molecule has 0 aliphatic heterocycles. The number of nitrogens with zero attached hydrogens (tertiary/aromatic N) is 1. The third kappa shape index (κ3) is 4.04. The Hall–Kier alpha value is -0.200. The van der Waals surface area contributed by atoms with Gasteiger partial charge < -0.3 is 0 Å². The van der Waals surface area contributed by atoms with Crippen molar-refractivity contribution in [2.24, 2.45) is 0 Å². The average Bonchev–Trinajstić information content (AvgIpc) is 3.09. The first kappa shape index (κ1) is 11.3. The van der Waals surface area contributed by atoms with Gasteiger partial charge in [-0.15, -0.1) is 0 Å². The van der Waals surface area contributed by atoms with E-state index in [0.717, 1.165) is 11.0 Å². The summed E-state index contributed by atoms with van der Waals surface area (Å²) in [5.41, 5.74) is 0. The molecule has 2 saturated carbocycles. The summed E-state index contributed by atoms with van der Waals surface area (Å²) >= 11 is 2.01. The molecule has 1 atom stereocenters. The lowest BCUT2D eigenvalue weighted by Crippen LogP contribution is -2.32. The van der Waals surface area contributed by atoms with Gasteiger partial charge in [0.2, 0.25) is 0 Å². The number of hydrogen-bond acceptors (Lipinski definition) is 3. The van der Waals surface area contributed by atoms with Crippen molar-refractivity contribution in [2.45, 2.75) is 62.3 Å². The van der Waals surface area contributed by atoms with Crippen LogP contribution in [0.5, 0.6) is 0 Å². The summed E-state index contributed by atoms with van der Waals surface area (Å²) in [5, 5.41) is 13.2. The molecule has 2 nitrogen and oxygen atoms in total. The molecule has 0 bridgehead atoms. The molecule has 0 aromatic rings. The van der Waals surface area contributed by atoms with Crippen LogP contribution in [0.15, 0.2) is 0 Å². The van der Waals surface area contributed by atoms with E-state index in [-0.39, 0.29) is 6.04 Å². The molecule has 0 spiro atoms. The van der Waals surface area contributed by atoms with Gasteiger partial charge in [-0.1, -0.05) is 19.3 Å². The molecule has 0 saturated heterocycles. The van der Waals surface area contributed by atoms with E-state index >= 15 is 0 Å². The molecule has 15 heavy (non-hydrogen) atoms. The quantitative estimate of drug-likeness (QED) is 0.780. The van der Waals surface area contributed by atoms with Gasteiger partial charge in [0.25, 0.3) is 0 Å². The lowest BCUT2D eigenvalue weighted by atomic mass is 10.0. The fourth-order valence-corrected chi connectivity index (χ4v) is 3.42. The minimum atomic E-state index is 0.0874. The van der Waals surface area contributed by atoms with Crippen LogP contribution < -0.4 is 5.32 Å². The van der Waals surface area contributed by atoms with Crippen molar-refractivity contribution in [3.63, 3.8) is 0 Å². The summed E-state index contributed by atoms with van der Waals surface area (Å²) in [6.07, 6.45) is 9.48. The van der Waals surface area contributed by atoms with Crippen molar-refractivity contribution in [3.8, 4) is 6.07 Å². The highest BCUT2D eigenvalue weighted by molar-refractivity contribution is 7.99. The van der Waals surface area contributed by atoms with E-state index in [2.05, 4.69) is 11.4 Å². The van der Waals surface area contributed by atoms with Crippen molar-refractivity contribution in [1.29, 1.82) is 5.26 Å². The molecule has 84 valence electrons. The van der Waals surface area contributed by atoms with Crippen molar-refractivity contribution >= 4 is 11.8 Å². The van der Waals surface area contributed by atoms with E-state index in [0.29, 0.717) is 6.04 Å². The van der Waals surface area contributed by atoms with Crippen LogP contribution in [0.25, 0.3) is 0 Å². The van der Waals surface area contributed by atoms with E-state index in [1.165, 1.54) is 44.9 Å². The molecular weight excluding hydrogens is 204 g/mol. The molecule has 1 N–H and O–H groups in total. The normalized spacial score (nSPS) is 24.7. The number of nitrogens with one attached hydrogen (secondary N) is 1. The molecule has 2 aliphatic carbocycles. The zero-order valence-electron chi connectivity index (χ0n) is 9.24. The predicted molar refractivity (Wildman–Crippen MR) is 64.9 cm³/mol. The van der Waals surface area contributed by atoms with Gasteiger partial charge in [-0.05, 0) is 25.7 Å². The van der Waals surface area contributed by atoms with E-state index in [1.807, 2.05) is 11.8 Å². The first-order valence-electron chi connectivity index (χ1n) is 6.16. The van der Waals surface area contributed by atoms with Crippen LogP contribution in [0.3, 0.4) is 0 Å². The highest BCUT2D eigenvalue weighted by Crippen LogP contribution is 2.29. The van der Waals surface area contributed by atoms with Crippen molar-refractivity contribution in [3.05, 3.63) is 0 Å². The molecule has 0 amide bonds. The Labute approximate surface area is 96.8 Å². The summed E-state index contributed by atoms with van der Waals surface area (Å²) in [5.74, 6) is 0.984. The standard InChI is InChI=1S/C12H20N2S/c13-8-11(14-10-6-7-10)9-15-12-4-2-1-3-5-12/h10-12,14H,1-7,9H2. The van der Waals surface area contributed by atoms with Crippen LogP contribution in [0.2, 0.25) is 0 Å². The smallest absolute Gasteiger partial charge is 0.105 e. The minimum absolute atomic E-state index is 0.0874. The Balaban J connectivity index is 1.63. The van der Waals surface area contributed by atoms with Crippen LogP contribution in [0, 0.1) is 11.3 Å². The van der Waals surface area contributed by atoms with Gasteiger partial charge in [-0.3, -0.25) is 5.32 Å². The lowest BCUT2D eigenvalue weighted by molar-refractivity contribution is 0.515. The summed E-state index contributed by atoms with van der Waals surface area (Å²) in [4.78, 5) is 0. The lowest BCUT2D eigenvalue weighted by Gasteiger charge is -2.22. The number of thioether (sulfide) groups is 1. The molecule has 3 heteroatoms. The summed E-state index contributed by atoms with van der Waals surface area (Å²) in [6.45, 7) is 0. The molecule has 2 rings (SSSR count). The monoisotopic (exact) mass is 224 g/mol. The molecular formula is C12H20N2S. The Morgan fingerprint density at radius 3 is 2.53 bits per heavy atom. The number of hydrogen-bond donors (Lipinski definition) is 1. The third-order valence-corrected chi connectivity index (χ3v) is 4.69. The van der Waals surface area contributed by atoms with Crippen LogP contribution in [-0.2, 0) is 0 Å². The molecule has 2 aliphatic rings. The minimum Gasteiger partial charge on any atom is -0.298 e. The predicted octanol–water partition coefficient (Wildman–Crippen LogP) is 2.70. The van der Waals surface area contributed by atoms with E-state index < -0.39 is 0 Å². The second kappa shape index (κ2) is 5.77. The van der Waals surface area contributed by atoms with Gasteiger partial charge in [0.05, 0.1) is 6.07 Å². The molecule has 2 fully saturated rings. The van der Waals surface area contributed by atoms with Crippen molar-refractivity contribution in [1.82, 2.24) is 5.32 Å². The molecule has 1 unspecified atom stereocenters. The number of nitriles is 1. The topological polar surface area (TPSA) is 35.8 Å². The summed E-state index contributed by atoms with van der Waals surface area (Å²) in [6, 6.07) is 3.12. The molecule has 0 heterocycles. The second-order valence-corrected chi connectivity index (χ2v) is 6.05. The average molecular weight is 224 g/mol. The van der Waals surface area contributed by atoms with Gasteiger partial charge in [-0.25, -0.2) is 0 Å². The van der Waals surface area contributed by atoms with Gasteiger partial charge in [-0.2, -0.15) is 17.0 Å². The van der Waals surface area contributed by atoms with Crippen LogP contribution >= 0.6 is 11.8 Å². The molecule has 0 radical (unpaired) electrons. The first-order chi connectivity index (χ1) is 7.38. The van der Waals surface area contributed by atoms with Gasteiger partial charge >= 0.3 is 0 Å². The van der Waals surface area contributed by atoms with Crippen LogP contribution in [-0.4, -0.2) is 23.1 Å². The first-order valence-corrected chi connectivity index (χ1v) is 7.20. The maximum atomic E-state index is 9.01. The highest BCUT2D eigenvalue weighted by atomic mass is 32.2. The third-order valence-electron chi connectivity index (χ3n) is 3.22. The van der Waals surface area contributed by atoms with Gasteiger partial charge in [0.15, 0.2) is 0 Å². The van der Waals surface area contributed by atoms with Gasteiger partial charge in [0, 0.05) is 17.0 Å². The van der Waals surface area contributed by atoms with E-state index in [1.54, 1.807) is 0 Å². The maximum Gasteiger partial charge on any atom is 0.105 e.